The van der Waals surface area contributed by atoms with Gasteiger partial charge in [0.15, 0.2) is 0 Å². The van der Waals surface area contributed by atoms with Gasteiger partial charge in [-0.3, -0.25) is 4.79 Å². The van der Waals surface area contributed by atoms with E-state index in [1.54, 1.807) is 18.2 Å². The first kappa shape index (κ1) is 18.5. The van der Waals surface area contributed by atoms with Crippen molar-refractivity contribution in [2.24, 2.45) is 0 Å². The second-order valence-corrected chi connectivity index (χ2v) is 7.07. The lowest BCUT2D eigenvalue weighted by molar-refractivity contribution is -0.145. The number of rotatable bonds is 4. The Hall–Kier alpha value is -2.34. The lowest BCUT2D eigenvalue weighted by Crippen LogP contribution is -2.45. The van der Waals surface area contributed by atoms with Gasteiger partial charge in [0.25, 0.3) is 0 Å². The van der Waals surface area contributed by atoms with Gasteiger partial charge in [-0.25, -0.2) is 9.97 Å². The molecule has 1 aromatic heterocycles. The van der Waals surface area contributed by atoms with Gasteiger partial charge < -0.3 is 5.32 Å². The van der Waals surface area contributed by atoms with Gasteiger partial charge in [0, 0.05) is 5.39 Å². The van der Waals surface area contributed by atoms with E-state index in [0.29, 0.717) is 18.2 Å². The summed E-state index contributed by atoms with van der Waals surface area (Å²) in [5.41, 5.74) is -0.690. The molecule has 1 aromatic carbocycles. The molecule has 1 heterocycles. The lowest BCUT2D eigenvalue weighted by atomic mass is 10.0. The molecule has 1 amide bonds. The number of carbonyl (C=O) groups excluding carboxylic acids is 1. The maximum atomic E-state index is 13.0. The summed E-state index contributed by atoms with van der Waals surface area (Å²) in [6.45, 7) is 0. The number of benzene rings is 1. The highest BCUT2D eigenvalue weighted by Crippen LogP contribution is 2.32. The quantitative estimate of drug-likeness (QED) is 0.646. The van der Waals surface area contributed by atoms with Crippen LogP contribution in [-0.4, -0.2) is 27.2 Å². The molecule has 26 heavy (non-hydrogen) atoms. The van der Waals surface area contributed by atoms with Crippen LogP contribution in [0.1, 0.15) is 31.5 Å². The highest BCUT2D eigenvalue weighted by Gasteiger charge is 2.36. The maximum Gasteiger partial charge on any atom is 0.451 e. The number of alkyl halides is 3. The minimum atomic E-state index is -4.67. The predicted molar refractivity (Wildman–Crippen MR) is 90.2 cm³/mol. The van der Waals surface area contributed by atoms with E-state index in [1.807, 2.05) is 0 Å². The molecule has 0 saturated heterocycles. The molecule has 0 atom stereocenters. The van der Waals surface area contributed by atoms with E-state index in [1.165, 1.54) is 6.07 Å². The average molecular weight is 380 g/mol. The zero-order chi connectivity index (χ0) is 18.8. The molecule has 0 radical (unpaired) electrons. The van der Waals surface area contributed by atoms with Crippen LogP contribution in [-0.2, 0) is 11.0 Å². The zero-order valence-electron chi connectivity index (χ0n) is 13.6. The standard InChI is InChI=1S/C17H15F3N4OS/c18-17(19,20)15-22-12-6-2-1-5-11(12)14(23-15)26-9-13(25)24-16(10-21)7-3-4-8-16/h1-2,5-6H,3-4,7-9H2,(H,24,25). The van der Waals surface area contributed by atoms with E-state index in [-0.39, 0.29) is 16.3 Å². The lowest BCUT2D eigenvalue weighted by Gasteiger charge is -2.21. The van der Waals surface area contributed by atoms with Crippen LogP contribution in [0.5, 0.6) is 0 Å². The van der Waals surface area contributed by atoms with Crippen molar-refractivity contribution < 1.29 is 18.0 Å². The molecule has 1 aliphatic rings. The van der Waals surface area contributed by atoms with Gasteiger partial charge in [0.05, 0.1) is 17.3 Å². The monoisotopic (exact) mass is 380 g/mol. The molecule has 9 heteroatoms. The summed E-state index contributed by atoms with van der Waals surface area (Å²) in [4.78, 5) is 19.3. The Morgan fingerprint density at radius 1 is 1.27 bits per heavy atom. The molecule has 136 valence electrons. The zero-order valence-corrected chi connectivity index (χ0v) is 14.5. The van der Waals surface area contributed by atoms with Crippen molar-refractivity contribution in [3.05, 3.63) is 30.1 Å². The molecule has 1 saturated carbocycles. The van der Waals surface area contributed by atoms with Crippen molar-refractivity contribution in [1.29, 1.82) is 5.26 Å². The van der Waals surface area contributed by atoms with Crippen LogP contribution >= 0.6 is 11.8 Å². The van der Waals surface area contributed by atoms with Crippen LogP contribution in [0.25, 0.3) is 10.9 Å². The largest absolute Gasteiger partial charge is 0.451 e. The van der Waals surface area contributed by atoms with Gasteiger partial charge in [-0.15, -0.1) is 0 Å². The number of hydrogen-bond donors (Lipinski definition) is 1. The highest BCUT2D eigenvalue weighted by molar-refractivity contribution is 8.00. The summed E-state index contributed by atoms with van der Waals surface area (Å²) in [7, 11) is 0. The Bertz CT molecular complexity index is 872. The van der Waals surface area contributed by atoms with E-state index >= 15 is 0 Å². The molecular weight excluding hydrogens is 365 g/mol. The molecule has 0 bridgehead atoms. The van der Waals surface area contributed by atoms with Crippen molar-refractivity contribution in [3.63, 3.8) is 0 Å². The van der Waals surface area contributed by atoms with Crippen molar-refractivity contribution in [2.45, 2.75) is 42.4 Å². The number of nitrogens with one attached hydrogen (secondary N) is 1. The first-order valence-electron chi connectivity index (χ1n) is 8.02. The Labute approximate surface area is 152 Å². The highest BCUT2D eigenvalue weighted by atomic mass is 32.2. The molecule has 0 spiro atoms. The van der Waals surface area contributed by atoms with Crippen LogP contribution in [0.4, 0.5) is 13.2 Å². The first-order valence-corrected chi connectivity index (χ1v) is 9.01. The van der Waals surface area contributed by atoms with Gasteiger partial charge in [0.1, 0.15) is 10.6 Å². The summed E-state index contributed by atoms with van der Waals surface area (Å²) in [5, 5.41) is 12.6. The molecule has 1 aliphatic carbocycles. The SMILES string of the molecule is N#CC1(NC(=O)CSc2nc(C(F)(F)F)nc3ccccc23)CCCC1. The Morgan fingerprint density at radius 2 is 1.96 bits per heavy atom. The molecule has 1 N–H and O–H groups in total. The number of halogens is 3. The number of aromatic nitrogens is 2. The average Bonchev–Trinajstić information content (AvgIpc) is 3.07. The number of fused-ring (bicyclic) bond motifs is 1. The van der Waals surface area contributed by atoms with Gasteiger partial charge in [-0.2, -0.15) is 18.4 Å². The molecule has 3 rings (SSSR count). The first-order chi connectivity index (χ1) is 12.3. The predicted octanol–water partition coefficient (Wildman–Crippen LogP) is 3.69. The van der Waals surface area contributed by atoms with Crippen molar-refractivity contribution in [3.8, 4) is 6.07 Å². The molecule has 5 nitrogen and oxygen atoms in total. The van der Waals surface area contributed by atoms with Crippen LogP contribution in [0.3, 0.4) is 0 Å². The minimum absolute atomic E-state index is 0.0931. The summed E-state index contributed by atoms with van der Waals surface area (Å²) in [6.07, 6.45) is -1.75. The second kappa shape index (κ2) is 7.11. The minimum Gasteiger partial charge on any atom is -0.337 e. The van der Waals surface area contributed by atoms with Gasteiger partial charge >= 0.3 is 6.18 Å². The summed E-state index contributed by atoms with van der Waals surface area (Å²) >= 11 is 0.908. The van der Waals surface area contributed by atoms with Gasteiger partial charge in [-0.1, -0.05) is 30.0 Å². The van der Waals surface area contributed by atoms with Crippen LogP contribution < -0.4 is 5.32 Å². The molecule has 1 fully saturated rings. The fourth-order valence-electron chi connectivity index (χ4n) is 2.96. The third-order valence-corrected chi connectivity index (χ3v) is 5.20. The number of hydrogen-bond acceptors (Lipinski definition) is 5. The van der Waals surface area contributed by atoms with Crippen molar-refractivity contribution in [2.75, 3.05) is 5.75 Å². The van der Waals surface area contributed by atoms with E-state index in [9.17, 15) is 23.2 Å². The number of amides is 1. The van der Waals surface area contributed by atoms with Gasteiger partial charge in [0.2, 0.25) is 11.7 Å². The van der Waals surface area contributed by atoms with Crippen molar-refractivity contribution >= 4 is 28.6 Å². The fourth-order valence-corrected chi connectivity index (χ4v) is 3.78. The fraction of sp³-hybridized carbons (Fsp3) is 0.412. The Kier molecular flexibility index (Phi) is 5.05. The van der Waals surface area contributed by atoms with E-state index in [2.05, 4.69) is 21.4 Å². The number of thioether (sulfide) groups is 1. The van der Waals surface area contributed by atoms with E-state index < -0.39 is 23.4 Å². The smallest absolute Gasteiger partial charge is 0.337 e. The number of nitrogens with zero attached hydrogens (tertiary/aromatic N) is 3. The van der Waals surface area contributed by atoms with Crippen molar-refractivity contribution in [1.82, 2.24) is 15.3 Å². The van der Waals surface area contributed by atoms with E-state index in [4.69, 9.17) is 0 Å². The number of nitriles is 1. The summed E-state index contributed by atoms with van der Waals surface area (Å²) in [5.74, 6) is -1.75. The maximum absolute atomic E-state index is 13.0. The third-order valence-electron chi connectivity index (χ3n) is 4.21. The molecule has 0 aliphatic heterocycles. The van der Waals surface area contributed by atoms with Crippen LogP contribution in [0, 0.1) is 11.3 Å². The Balaban J connectivity index is 1.80. The normalized spacial score (nSPS) is 16.4. The molecular formula is C17H15F3N4OS. The van der Waals surface area contributed by atoms with Gasteiger partial charge in [-0.05, 0) is 31.7 Å². The third kappa shape index (κ3) is 3.90. The van der Waals surface area contributed by atoms with Crippen LogP contribution in [0.2, 0.25) is 0 Å². The number of para-hydroxylation sites is 1. The molecule has 2 aromatic rings. The second-order valence-electron chi connectivity index (χ2n) is 6.11. The Morgan fingerprint density at radius 3 is 2.62 bits per heavy atom. The number of carbonyl (C=O) groups is 1. The summed E-state index contributed by atoms with van der Waals surface area (Å²) < 4.78 is 39.0. The topological polar surface area (TPSA) is 78.7 Å². The molecule has 0 unspecified atom stereocenters. The van der Waals surface area contributed by atoms with E-state index in [0.717, 1.165) is 24.6 Å². The summed E-state index contributed by atoms with van der Waals surface area (Å²) in [6, 6.07) is 8.50. The van der Waals surface area contributed by atoms with Crippen LogP contribution in [0.15, 0.2) is 29.3 Å².